The first-order valence-corrected chi connectivity index (χ1v) is 5.76. The fourth-order valence-corrected chi connectivity index (χ4v) is 1.54. The van der Waals surface area contributed by atoms with E-state index in [1.165, 1.54) is 30.5 Å². The lowest BCUT2D eigenvalue weighted by atomic mass is 10.2. The Bertz CT molecular complexity index is 723. The Labute approximate surface area is 116 Å². The van der Waals surface area contributed by atoms with E-state index in [9.17, 15) is 23.2 Å². The number of halogens is 3. The van der Waals surface area contributed by atoms with E-state index in [2.05, 4.69) is 10.3 Å². The van der Waals surface area contributed by atoms with Crippen LogP contribution in [-0.4, -0.2) is 16.0 Å². The summed E-state index contributed by atoms with van der Waals surface area (Å²) in [5.74, 6) is 0. The molecular weight excluding hydrogens is 287 g/mol. The van der Waals surface area contributed by atoms with Crippen LogP contribution >= 0.6 is 0 Å². The normalized spacial score (nSPS) is 12.2. The molecule has 0 saturated carbocycles. The van der Waals surface area contributed by atoms with Crippen LogP contribution in [0.4, 0.5) is 23.7 Å². The average molecular weight is 297 g/mol. The number of rotatable bonds is 1. The molecule has 0 aliphatic carbocycles. The van der Waals surface area contributed by atoms with E-state index in [1.807, 2.05) is 0 Å². The van der Waals surface area contributed by atoms with Crippen molar-refractivity contribution in [2.24, 2.45) is 4.99 Å². The lowest BCUT2D eigenvalue weighted by Gasteiger charge is -2.08. The molecule has 0 spiro atoms. The van der Waals surface area contributed by atoms with E-state index in [0.29, 0.717) is 4.73 Å². The van der Waals surface area contributed by atoms with Crippen LogP contribution in [-0.2, 0) is 6.18 Å². The van der Waals surface area contributed by atoms with Crippen LogP contribution < -0.4 is 10.8 Å². The van der Waals surface area contributed by atoms with Crippen LogP contribution in [0.1, 0.15) is 5.56 Å². The maximum atomic E-state index is 12.5. The molecule has 8 heteroatoms. The Morgan fingerprint density at radius 1 is 1.19 bits per heavy atom. The molecule has 2 amide bonds. The fraction of sp³-hybridized carbons (Fsp3) is 0.0769. The maximum Gasteiger partial charge on any atom is 0.416 e. The number of nitrogens with zero attached hydrogens (tertiary/aromatic N) is 2. The van der Waals surface area contributed by atoms with Gasteiger partial charge in [-0.3, -0.25) is 0 Å². The van der Waals surface area contributed by atoms with Gasteiger partial charge in [0.2, 0.25) is 0 Å². The van der Waals surface area contributed by atoms with E-state index >= 15 is 0 Å². The topological polar surface area (TPSA) is 66.6 Å². The van der Waals surface area contributed by atoms with Gasteiger partial charge in [-0.2, -0.15) is 22.9 Å². The number of alkyl halides is 3. The molecule has 0 saturated heterocycles. The molecule has 1 heterocycles. The highest BCUT2D eigenvalue weighted by Gasteiger charge is 2.30. The number of pyridine rings is 1. The molecule has 1 aromatic carbocycles. The third kappa shape index (κ3) is 3.85. The Balaban J connectivity index is 2.21. The van der Waals surface area contributed by atoms with Gasteiger partial charge in [-0.25, -0.2) is 4.79 Å². The molecule has 110 valence electrons. The van der Waals surface area contributed by atoms with Gasteiger partial charge in [-0.1, -0.05) is 12.1 Å². The van der Waals surface area contributed by atoms with Gasteiger partial charge in [-0.15, -0.1) is 0 Å². The second-order valence-electron chi connectivity index (χ2n) is 4.02. The van der Waals surface area contributed by atoms with Crippen molar-refractivity contribution in [1.29, 1.82) is 0 Å². The summed E-state index contributed by atoms with van der Waals surface area (Å²) in [6, 6.07) is 7.70. The quantitative estimate of drug-likeness (QED) is 0.795. The first kappa shape index (κ1) is 14.6. The predicted molar refractivity (Wildman–Crippen MR) is 67.6 cm³/mol. The number of nitrogens with one attached hydrogen (secondary N) is 1. The van der Waals surface area contributed by atoms with E-state index in [4.69, 9.17) is 0 Å². The number of urea groups is 1. The number of amides is 2. The summed E-state index contributed by atoms with van der Waals surface area (Å²) < 4.78 is 38.2. The molecule has 5 nitrogen and oxygen atoms in total. The minimum Gasteiger partial charge on any atom is -0.427 e. The second kappa shape index (κ2) is 5.70. The minimum absolute atomic E-state index is 0.0426. The second-order valence-corrected chi connectivity index (χ2v) is 4.02. The summed E-state index contributed by atoms with van der Waals surface area (Å²) in [5.41, 5.74) is -0.974. The number of hydrogen-bond acceptors (Lipinski definition) is 2. The molecule has 0 atom stereocenters. The molecular formula is C13H10F3N3O2. The van der Waals surface area contributed by atoms with Crippen LogP contribution in [0.3, 0.4) is 0 Å². The molecule has 2 aromatic rings. The van der Waals surface area contributed by atoms with Crippen LogP contribution in [0.25, 0.3) is 0 Å². The fourth-order valence-electron chi connectivity index (χ4n) is 1.54. The standard InChI is InChI=1S/C13H10F3N3O2/c14-13(15,16)9-4-3-5-10(8-9)17-12(20)18-11-6-1-2-7-19(11)21/h1-8,21H,(H,17,20)/b18-11-. The van der Waals surface area contributed by atoms with Gasteiger partial charge in [0.05, 0.1) is 5.56 Å². The summed E-state index contributed by atoms with van der Waals surface area (Å²) >= 11 is 0. The maximum absolute atomic E-state index is 12.5. The number of benzene rings is 1. The third-order valence-electron chi connectivity index (χ3n) is 2.48. The zero-order valence-corrected chi connectivity index (χ0v) is 10.5. The SMILES string of the molecule is O=C(/N=c1/ccccn1O)Nc1cccc(C(F)(F)F)c1. The molecule has 0 unspecified atom stereocenters. The summed E-state index contributed by atoms with van der Waals surface area (Å²) in [7, 11) is 0. The molecule has 1 aromatic heterocycles. The van der Waals surface area contributed by atoms with E-state index < -0.39 is 17.8 Å². The number of anilines is 1. The lowest BCUT2D eigenvalue weighted by Crippen LogP contribution is -2.21. The molecule has 0 fully saturated rings. The number of carbonyl (C=O) groups is 1. The highest BCUT2D eigenvalue weighted by atomic mass is 19.4. The van der Waals surface area contributed by atoms with Crippen molar-refractivity contribution in [3.05, 3.63) is 59.7 Å². The molecule has 0 aliphatic heterocycles. The van der Waals surface area contributed by atoms with E-state index in [-0.39, 0.29) is 11.2 Å². The molecule has 0 bridgehead atoms. The van der Waals surface area contributed by atoms with E-state index in [1.54, 1.807) is 6.07 Å². The number of carbonyl (C=O) groups excluding carboxylic acids is 1. The van der Waals surface area contributed by atoms with Crippen molar-refractivity contribution in [2.75, 3.05) is 5.32 Å². The zero-order chi connectivity index (χ0) is 15.5. The number of hydrogen-bond donors (Lipinski definition) is 2. The number of aromatic nitrogens is 1. The van der Waals surface area contributed by atoms with Gasteiger partial charge < -0.3 is 10.5 Å². The van der Waals surface area contributed by atoms with E-state index in [0.717, 1.165) is 12.1 Å². The van der Waals surface area contributed by atoms with Crippen molar-refractivity contribution in [3.63, 3.8) is 0 Å². The monoisotopic (exact) mass is 297 g/mol. The summed E-state index contributed by atoms with van der Waals surface area (Å²) in [6.45, 7) is 0. The first-order valence-electron chi connectivity index (χ1n) is 5.76. The van der Waals surface area contributed by atoms with Crippen molar-refractivity contribution in [3.8, 4) is 0 Å². The molecule has 2 rings (SSSR count). The van der Waals surface area contributed by atoms with Crippen LogP contribution in [0.5, 0.6) is 0 Å². The lowest BCUT2D eigenvalue weighted by molar-refractivity contribution is -0.137. The predicted octanol–water partition coefficient (Wildman–Crippen LogP) is 2.88. The molecule has 0 radical (unpaired) electrons. The molecule has 2 N–H and O–H groups in total. The zero-order valence-electron chi connectivity index (χ0n) is 10.5. The summed E-state index contributed by atoms with van der Waals surface area (Å²) in [4.78, 5) is 15.1. The van der Waals surface area contributed by atoms with Crippen molar-refractivity contribution in [1.82, 2.24) is 4.73 Å². The highest BCUT2D eigenvalue weighted by Crippen LogP contribution is 2.30. The first-order chi connectivity index (χ1) is 9.86. The van der Waals surface area contributed by atoms with Gasteiger partial charge in [0, 0.05) is 11.9 Å². The van der Waals surface area contributed by atoms with Gasteiger partial charge >= 0.3 is 12.2 Å². The average Bonchev–Trinajstić information content (AvgIpc) is 2.41. The molecule has 21 heavy (non-hydrogen) atoms. The van der Waals surface area contributed by atoms with Gasteiger partial charge in [0.1, 0.15) is 0 Å². The van der Waals surface area contributed by atoms with Crippen LogP contribution in [0, 0.1) is 0 Å². The van der Waals surface area contributed by atoms with Gasteiger partial charge in [0.15, 0.2) is 5.49 Å². The summed E-state index contributed by atoms with van der Waals surface area (Å²) in [5, 5.41) is 11.6. The Kier molecular flexibility index (Phi) is 3.97. The smallest absolute Gasteiger partial charge is 0.416 e. The van der Waals surface area contributed by atoms with Crippen LogP contribution in [0.15, 0.2) is 53.7 Å². The largest absolute Gasteiger partial charge is 0.427 e. The third-order valence-corrected chi connectivity index (χ3v) is 2.48. The highest BCUT2D eigenvalue weighted by molar-refractivity contribution is 5.89. The van der Waals surface area contributed by atoms with Crippen molar-refractivity contribution in [2.45, 2.75) is 6.18 Å². The minimum atomic E-state index is -4.49. The Morgan fingerprint density at radius 2 is 1.95 bits per heavy atom. The Morgan fingerprint density at radius 3 is 2.62 bits per heavy atom. The summed E-state index contributed by atoms with van der Waals surface area (Å²) in [6.07, 6.45) is -3.23. The van der Waals surface area contributed by atoms with Crippen molar-refractivity contribution < 1.29 is 23.2 Å². The van der Waals surface area contributed by atoms with Gasteiger partial charge in [-0.05, 0) is 30.3 Å². The van der Waals surface area contributed by atoms with Gasteiger partial charge in [0.25, 0.3) is 0 Å². The molecule has 0 aliphatic rings. The van der Waals surface area contributed by atoms with Crippen molar-refractivity contribution >= 4 is 11.7 Å². The Hall–Kier alpha value is -2.77. The van der Waals surface area contributed by atoms with Crippen LogP contribution in [0.2, 0.25) is 0 Å².